The lowest BCUT2D eigenvalue weighted by molar-refractivity contribution is 0.604. The lowest BCUT2D eigenvalue weighted by atomic mass is 10.1. The molecule has 0 aliphatic heterocycles. The van der Waals surface area contributed by atoms with E-state index in [9.17, 15) is 4.39 Å². The zero-order valence-electron chi connectivity index (χ0n) is 12.0. The van der Waals surface area contributed by atoms with E-state index in [1.54, 1.807) is 6.07 Å². The second-order valence-electron chi connectivity index (χ2n) is 5.86. The van der Waals surface area contributed by atoms with Gasteiger partial charge >= 0.3 is 0 Å². The van der Waals surface area contributed by atoms with E-state index in [0.29, 0.717) is 0 Å². The third-order valence-corrected chi connectivity index (χ3v) is 3.58. The Balaban J connectivity index is 2.11. The molecule has 1 saturated carbocycles. The van der Waals surface area contributed by atoms with Crippen molar-refractivity contribution >= 4 is 5.69 Å². The molecule has 2 nitrogen and oxygen atoms in total. The van der Waals surface area contributed by atoms with Gasteiger partial charge in [0.05, 0.1) is 5.69 Å². The molecule has 1 unspecified atom stereocenters. The summed E-state index contributed by atoms with van der Waals surface area (Å²) in [5.41, 5.74) is 7.50. The van der Waals surface area contributed by atoms with E-state index >= 15 is 0 Å². The summed E-state index contributed by atoms with van der Waals surface area (Å²) in [6, 6.07) is 5.65. The van der Waals surface area contributed by atoms with Crippen LogP contribution in [-0.2, 0) is 6.42 Å². The number of hydrogen-bond acceptors (Lipinski definition) is 2. The van der Waals surface area contributed by atoms with E-state index in [4.69, 9.17) is 5.73 Å². The summed E-state index contributed by atoms with van der Waals surface area (Å²) in [5.74, 6) is 0.668. The summed E-state index contributed by atoms with van der Waals surface area (Å²) in [5, 5.41) is 0. The van der Waals surface area contributed by atoms with Gasteiger partial charge in [0.25, 0.3) is 0 Å². The molecule has 1 aromatic carbocycles. The second kappa shape index (κ2) is 6.38. The van der Waals surface area contributed by atoms with Crippen LogP contribution in [0.4, 0.5) is 10.1 Å². The number of halogens is 1. The zero-order valence-corrected chi connectivity index (χ0v) is 12.0. The molecule has 106 valence electrons. The molecule has 2 rings (SSSR count). The third-order valence-electron chi connectivity index (χ3n) is 3.58. The van der Waals surface area contributed by atoms with Crippen LogP contribution >= 0.6 is 0 Å². The highest BCUT2D eigenvalue weighted by atomic mass is 19.1. The summed E-state index contributed by atoms with van der Waals surface area (Å²) in [6.07, 6.45) is 4.37. The highest BCUT2D eigenvalue weighted by molar-refractivity contribution is 5.49. The molecule has 1 aliphatic carbocycles. The molecule has 1 atom stereocenters. The van der Waals surface area contributed by atoms with Gasteiger partial charge in [0.15, 0.2) is 0 Å². The highest BCUT2D eigenvalue weighted by Gasteiger charge is 2.25. The van der Waals surface area contributed by atoms with Crippen LogP contribution in [0.1, 0.15) is 38.7 Å². The molecular weight excluding hydrogens is 239 g/mol. The van der Waals surface area contributed by atoms with Crippen molar-refractivity contribution in [3.63, 3.8) is 0 Å². The molecule has 0 heterocycles. The third kappa shape index (κ3) is 4.20. The van der Waals surface area contributed by atoms with Gasteiger partial charge in [0.1, 0.15) is 5.82 Å². The lowest BCUT2D eigenvalue weighted by Gasteiger charge is -2.25. The average molecular weight is 264 g/mol. The molecule has 1 fully saturated rings. The fraction of sp³-hybridized carbons (Fsp3) is 0.625. The van der Waals surface area contributed by atoms with Crippen molar-refractivity contribution in [2.24, 2.45) is 11.7 Å². The van der Waals surface area contributed by atoms with Crippen molar-refractivity contribution in [3.05, 3.63) is 29.6 Å². The molecule has 0 bridgehead atoms. The monoisotopic (exact) mass is 264 g/mol. The van der Waals surface area contributed by atoms with Crippen LogP contribution in [0.3, 0.4) is 0 Å². The van der Waals surface area contributed by atoms with E-state index in [2.05, 4.69) is 11.8 Å². The maximum atomic E-state index is 14.3. The highest BCUT2D eigenvalue weighted by Crippen LogP contribution is 2.32. The Kier molecular flexibility index (Phi) is 4.81. The maximum absolute atomic E-state index is 14.3. The Labute approximate surface area is 115 Å². The first-order chi connectivity index (χ1) is 9.10. The van der Waals surface area contributed by atoms with Gasteiger partial charge < -0.3 is 10.6 Å². The Morgan fingerprint density at radius 3 is 2.68 bits per heavy atom. The average Bonchev–Trinajstić information content (AvgIpc) is 3.12. The Morgan fingerprint density at radius 2 is 2.16 bits per heavy atom. The molecule has 0 radical (unpaired) electrons. The molecule has 3 heteroatoms. The van der Waals surface area contributed by atoms with Gasteiger partial charge in [-0.15, -0.1) is 0 Å². The first-order valence-corrected chi connectivity index (χ1v) is 7.39. The minimum Gasteiger partial charge on any atom is -0.369 e. The van der Waals surface area contributed by atoms with Gasteiger partial charge in [0.2, 0.25) is 0 Å². The van der Waals surface area contributed by atoms with Gasteiger partial charge in [-0.2, -0.15) is 0 Å². The second-order valence-corrected chi connectivity index (χ2v) is 5.86. The van der Waals surface area contributed by atoms with Gasteiger partial charge in [-0.05, 0) is 56.2 Å². The summed E-state index contributed by atoms with van der Waals surface area (Å²) < 4.78 is 14.3. The predicted octanol–water partition coefficient (Wildman–Crippen LogP) is 3.34. The Morgan fingerprint density at radius 1 is 1.42 bits per heavy atom. The van der Waals surface area contributed by atoms with Gasteiger partial charge in [-0.3, -0.25) is 0 Å². The minimum absolute atomic E-state index is 0.0726. The predicted molar refractivity (Wildman–Crippen MR) is 79.0 cm³/mol. The molecular formula is C16H25FN2. The van der Waals surface area contributed by atoms with Crippen LogP contribution in [0.15, 0.2) is 18.2 Å². The van der Waals surface area contributed by atoms with E-state index in [1.165, 1.54) is 12.8 Å². The fourth-order valence-electron chi connectivity index (χ4n) is 2.50. The number of hydrogen-bond donors (Lipinski definition) is 1. The van der Waals surface area contributed by atoms with Crippen LogP contribution in [0.25, 0.3) is 0 Å². The van der Waals surface area contributed by atoms with Crippen LogP contribution in [-0.4, -0.2) is 19.1 Å². The van der Waals surface area contributed by atoms with E-state index in [1.807, 2.05) is 19.1 Å². The standard InChI is InChI=1S/C16H25FN2/c1-3-8-19(11-13-4-5-13)16-7-6-14(9-12(2)18)10-15(16)17/h6-7,10,12-13H,3-5,8-9,11,18H2,1-2H3. The van der Waals surface area contributed by atoms with Crippen molar-refractivity contribution in [3.8, 4) is 0 Å². The van der Waals surface area contributed by atoms with Crippen molar-refractivity contribution in [2.75, 3.05) is 18.0 Å². The quantitative estimate of drug-likeness (QED) is 0.818. The number of benzene rings is 1. The Bertz CT molecular complexity index is 413. The molecule has 1 aromatic rings. The normalized spacial score (nSPS) is 16.4. The smallest absolute Gasteiger partial charge is 0.146 e. The minimum atomic E-state index is -0.104. The molecule has 1 aliphatic rings. The van der Waals surface area contributed by atoms with Gasteiger partial charge in [-0.25, -0.2) is 4.39 Å². The van der Waals surface area contributed by atoms with Gasteiger partial charge in [0, 0.05) is 19.1 Å². The van der Waals surface area contributed by atoms with E-state index in [0.717, 1.165) is 43.1 Å². The van der Waals surface area contributed by atoms with Crippen molar-refractivity contribution in [1.29, 1.82) is 0 Å². The first-order valence-electron chi connectivity index (χ1n) is 7.39. The number of rotatable bonds is 7. The van der Waals surface area contributed by atoms with Crippen LogP contribution < -0.4 is 10.6 Å². The summed E-state index contributed by atoms with van der Waals surface area (Å²) in [6.45, 7) is 6.02. The number of nitrogens with zero attached hydrogens (tertiary/aromatic N) is 1. The zero-order chi connectivity index (χ0) is 13.8. The molecule has 0 amide bonds. The molecule has 0 saturated heterocycles. The van der Waals surface area contributed by atoms with Crippen molar-refractivity contribution in [1.82, 2.24) is 0 Å². The molecule has 0 aromatic heterocycles. The lowest BCUT2D eigenvalue weighted by Crippen LogP contribution is -2.27. The fourth-order valence-corrected chi connectivity index (χ4v) is 2.50. The maximum Gasteiger partial charge on any atom is 0.146 e. The molecule has 2 N–H and O–H groups in total. The number of nitrogens with two attached hydrogens (primary N) is 1. The Hall–Kier alpha value is -1.09. The van der Waals surface area contributed by atoms with E-state index in [-0.39, 0.29) is 11.9 Å². The van der Waals surface area contributed by atoms with E-state index < -0.39 is 0 Å². The largest absolute Gasteiger partial charge is 0.369 e. The summed E-state index contributed by atoms with van der Waals surface area (Å²) in [7, 11) is 0. The summed E-state index contributed by atoms with van der Waals surface area (Å²) >= 11 is 0. The number of anilines is 1. The van der Waals surface area contributed by atoms with Crippen LogP contribution in [0.5, 0.6) is 0 Å². The van der Waals surface area contributed by atoms with Gasteiger partial charge in [-0.1, -0.05) is 13.0 Å². The molecule has 19 heavy (non-hydrogen) atoms. The topological polar surface area (TPSA) is 29.3 Å². The van der Waals surface area contributed by atoms with Crippen LogP contribution in [0.2, 0.25) is 0 Å². The van der Waals surface area contributed by atoms with Crippen molar-refractivity contribution in [2.45, 2.75) is 45.6 Å². The first kappa shape index (κ1) is 14.3. The molecule has 0 spiro atoms. The SMILES string of the molecule is CCCN(CC1CC1)c1ccc(CC(C)N)cc1F. The van der Waals surface area contributed by atoms with Crippen LogP contribution in [0, 0.1) is 11.7 Å². The van der Waals surface area contributed by atoms with Crippen molar-refractivity contribution < 1.29 is 4.39 Å². The summed E-state index contributed by atoms with van der Waals surface area (Å²) in [4.78, 5) is 2.20.